The minimum atomic E-state index is 0.228. The van der Waals surface area contributed by atoms with Crippen molar-refractivity contribution in [2.24, 2.45) is 5.92 Å². The molecule has 0 aliphatic rings. The monoisotopic (exact) mass is 232 g/mol. The lowest BCUT2D eigenvalue weighted by molar-refractivity contribution is 0.474. The average Bonchev–Trinajstić information content (AvgIpc) is 2.02. The summed E-state index contributed by atoms with van der Waals surface area (Å²) < 4.78 is 0. The highest BCUT2D eigenvalue weighted by Gasteiger charge is 2.16. The number of hydrogen-bond acceptors (Lipinski definition) is 2. The van der Waals surface area contributed by atoms with Gasteiger partial charge in [0.25, 0.3) is 0 Å². The molecule has 1 heterocycles. The maximum Gasteiger partial charge on any atom is 0.224 e. The molecule has 1 atom stereocenters. The van der Waals surface area contributed by atoms with Gasteiger partial charge in [-0.25, -0.2) is 9.97 Å². The highest BCUT2D eigenvalue weighted by atomic mass is 35.5. The fourth-order valence-electron chi connectivity index (χ4n) is 1.62. The van der Waals surface area contributed by atoms with E-state index >= 15 is 0 Å². The van der Waals surface area contributed by atoms with E-state index in [0.29, 0.717) is 17.0 Å². The van der Waals surface area contributed by atoms with Crippen LogP contribution < -0.4 is 0 Å². The maximum absolute atomic E-state index is 5.82. The van der Waals surface area contributed by atoms with E-state index in [-0.39, 0.29) is 5.28 Å². The van der Waals surface area contributed by atoms with Gasteiger partial charge in [-0.3, -0.25) is 0 Å². The Morgan fingerprint density at radius 2 is 1.93 bits per heavy atom. The lowest BCUT2D eigenvalue weighted by Gasteiger charge is -2.18. The highest BCUT2D eigenvalue weighted by molar-refractivity contribution is 6.31. The first kappa shape index (κ1) is 11.7. The van der Waals surface area contributed by atoms with E-state index < -0.39 is 0 Å². The van der Waals surface area contributed by atoms with Crippen molar-refractivity contribution in [2.45, 2.75) is 33.1 Å². The Bertz CT molecular complexity index is 293. The fraction of sp³-hybridized carbons (Fsp3) is 0.600. The minimum absolute atomic E-state index is 0.228. The molecule has 0 aromatic carbocycles. The topological polar surface area (TPSA) is 25.8 Å². The van der Waals surface area contributed by atoms with Crippen LogP contribution in [0.3, 0.4) is 0 Å². The summed E-state index contributed by atoms with van der Waals surface area (Å²) in [5.74, 6) is 0.926. The molecule has 0 aliphatic heterocycles. The zero-order valence-corrected chi connectivity index (χ0v) is 10.1. The quantitative estimate of drug-likeness (QED) is 0.583. The number of hydrogen-bond donors (Lipinski definition) is 0. The number of halogens is 2. The Labute approximate surface area is 94.7 Å². The highest BCUT2D eigenvalue weighted by Crippen LogP contribution is 2.27. The normalized spacial score (nSPS) is 13.3. The summed E-state index contributed by atoms with van der Waals surface area (Å²) in [7, 11) is 0. The van der Waals surface area contributed by atoms with E-state index in [2.05, 4.69) is 30.7 Å². The lowest BCUT2D eigenvalue weighted by atomic mass is 9.90. The second kappa shape index (κ2) is 4.94. The molecule has 0 radical (unpaired) electrons. The Morgan fingerprint density at radius 1 is 1.29 bits per heavy atom. The van der Waals surface area contributed by atoms with Gasteiger partial charge in [0.15, 0.2) is 0 Å². The molecule has 0 amide bonds. The van der Waals surface area contributed by atoms with Crippen LogP contribution >= 0.6 is 23.2 Å². The van der Waals surface area contributed by atoms with E-state index in [9.17, 15) is 0 Å². The van der Waals surface area contributed by atoms with E-state index in [0.717, 1.165) is 12.1 Å². The predicted molar refractivity (Wildman–Crippen MR) is 59.9 cm³/mol. The molecule has 1 aromatic rings. The van der Waals surface area contributed by atoms with Gasteiger partial charge < -0.3 is 0 Å². The maximum atomic E-state index is 5.82. The first-order chi connectivity index (χ1) is 6.54. The Morgan fingerprint density at radius 3 is 2.36 bits per heavy atom. The van der Waals surface area contributed by atoms with Gasteiger partial charge in [-0.15, -0.1) is 0 Å². The van der Waals surface area contributed by atoms with Crippen LogP contribution in [0.15, 0.2) is 6.07 Å². The summed E-state index contributed by atoms with van der Waals surface area (Å²) in [5, 5.41) is 0.644. The summed E-state index contributed by atoms with van der Waals surface area (Å²) in [5.41, 5.74) is 0.938. The van der Waals surface area contributed by atoms with Crippen LogP contribution in [0.4, 0.5) is 0 Å². The molecule has 0 saturated carbocycles. The lowest BCUT2D eigenvalue weighted by Crippen LogP contribution is -2.08. The van der Waals surface area contributed by atoms with Gasteiger partial charge in [-0.05, 0) is 30.0 Å². The molecule has 14 heavy (non-hydrogen) atoms. The predicted octanol–water partition coefficient (Wildman–Crippen LogP) is 3.93. The first-order valence-electron chi connectivity index (χ1n) is 4.74. The molecule has 0 N–H and O–H groups in total. The first-order valence-corrected chi connectivity index (χ1v) is 5.50. The summed E-state index contributed by atoms with van der Waals surface area (Å²) in [6, 6.07) is 1.79. The van der Waals surface area contributed by atoms with Gasteiger partial charge in [0.05, 0.1) is 5.69 Å². The third kappa shape index (κ3) is 2.82. The number of nitrogens with zero attached hydrogens (tertiary/aromatic N) is 2. The molecule has 4 heteroatoms. The van der Waals surface area contributed by atoms with Crippen molar-refractivity contribution in [1.82, 2.24) is 9.97 Å². The fourth-order valence-corrected chi connectivity index (χ4v) is 2.04. The third-order valence-corrected chi connectivity index (χ3v) is 2.67. The minimum Gasteiger partial charge on any atom is -0.223 e. The van der Waals surface area contributed by atoms with Crippen molar-refractivity contribution < 1.29 is 0 Å². The molecule has 1 rings (SSSR count). The van der Waals surface area contributed by atoms with E-state index in [1.54, 1.807) is 6.07 Å². The van der Waals surface area contributed by atoms with Crippen LogP contribution in [0, 0.1) is 5.92 Å². The van der Waals surface area contributed by atoms with Crippen LogP contribution in [-0.4, -0.2) is 9.97 Å². The van der Waals surface area contributed by atoms with E-state index in [1.165, 1.54) is 0 Å². The van der Waals surface area contributed by atoms with Crippen molar-refractivity contribution in [3.8, 4) is 0 Å². The molecule has 78 valence electrons. The van der Waals surface area contributed by atoms with Gasteiger partial charge in [0.1, 0.15) is 5.15 Å². The SMILES string of the molecule is CCC(c1cc(Cl)nc(Cl)n1)C(C)C. The van der Waals surface area contributed by atoms with Crippen molar-refractivity contribution in [3.05, 3.63) is 22.2 Å². The zero-order chi connectivity index (χ0) is 10.7. The van der Waals surface area contributed by atoms with Crippen LogP contribution in [-0.2, 0) is 0 Å². The molecule has 1 aromatic heterocycles. The Balaban J connectivity index is 3.04. The second-order valence-electron chi connectivity index (χ2n) is 3.64. The van der Waals surface area contributed by atoms with Crippen molar-refractivity contribution in [2.75, 3.05) is 0 Å². The second-order valence-corrected chi connectivity index (χ2v) is 4.37. The summed E-state index contributed by atoms with van der Waals surface area (Å²) in [4.78, 5) is 8.03. The van der Waals surface area contributed by atoms with Crippen molar-refractivity contribution >= 4 is 23.2 Å². The van der Waals surface area contributed by atoms with Crippen molar-refractivity contribution in [3.63, 3.8) is 0 Å². The van der Waals surface area contributed by atoms with Gasteiger partial charge in [0.2, 0.25) is 5.28 Å². The molecule has 0 fully saturated rings. The standard InChI is InChI=1S/C10H14Cl2N2/c1-4-7(6(2)3)8-5-9(11)14-10(12)13-8/h5-7H,4H2,1-3H3. The molecule has 0 aliphatic carbocycles. The largest absolute Gasteiger partial charge is 0.224 e. The zero-order valence-electron chi connectivity index (χ0n) is 8.59. The third-order valence-electron chi connectivity index (χ3n) is 2.31. The Hall–Kier alpha value is -0.340. The average molecular weight is 233 g/mol. The molecular weight excluding hydrogens is 219 g/mol. The van der Waals surface area contributed by atoms with Gasteiger partial charge >= 0.3 is 0 Å². The molecule has 0 saturated heterocycles. The summed E-state index contributed by atoms with van der Waals surface area (Å²) >= 11 is 11.6. The van der Waals surface area contributed by atoms with Crippen molar-refractivity contribution in [1.29, 1.82) is 0 Å². The molecular formula is C10H14Cl2N2. The molecule has 0 spiro atoms. The number of rotatable bonds is 3. The van der Waals surface area contributed by atoms with Gasteiger partial charge in [-0.1, -0.05) is 32.4 Å². The van der Waals surface area contributed by atoms with Crippen LogP contribution in [0.2, 0.25) is 10.4 Å². The smallest absolute Gasteiger partial charge is 0.223 e. The Kier molecular flexibility index (Phi) is 4.14. The van der Waals surface area contributed by atoms with E-state index in [1.807, 2.05) is 0 Å². The summed E-state index contributed by atoms with van der Waals surface area (Å²) in [6.45, 7) is 6.46. The van der Waals surface area contributed by atoms with Gasteiger partial charge in [0, 0.05) is 5.92 Å². The van der Waals surface area contributed by atoms with Crippen LogP contribution in [0.5, 0.6) is 0 Å². The molecule has 2 nitrogen and oxygen atoms in total. The van der Waals surface area contributed by atoms with E-state index in [4.69, 9.17) is 23.2 Å². The number of aromatic nitrogens is 2. The molecule has 0 bridgehead atoms. The summed E-state index contributed by atoms with van der Waals surface area (Å²) in [6.07, 6.45) is 1.03. The molecule has 1 unspecified atom stereocenters. The van der Waals surface area contributed by atoms with Crippen LogP contribution in [0.25, 0.3) is 0 Å². The van der Waals surface area contributed by atoms with Gasteiger partial charge in [-0.2, -0.15) is 0 Å². The van der Waals surface area contributed by atoms with Crippen LogP contribution in [0.1, 0.15) is 38.8 Å².